The van der Waals surface area contributed by atoms with E-state index in [4.69, 9.17) is 5.11 Å². The van der Waals surface area contributed by atoms with Gasteiger partial charge in [0.1, 0.15) is 11.4 Å². The number of phenolic OH excluding ortho intramolecular Hbond substituents is 1. The molecule has 0 amide bonds. The number of rotatable bonds is 2. The van der Waals surface area contributed by atoms with E-state index in [2.05, 4.69) is 9.68 Å². The second-order valence-corrected chi connectivity index (χ2v) is 3.40. The first-order valence-corrected chi connectivity index (χ1v) is 4.58. The second kappa shape index (κ2) is 3.69. The van der Waals surface area contributed by atoms with Crippen LogP contribution in [0.25, 0.3) is 11.3 Å². The molecule has 0 aliphatic rings. The number of aryl methyl sites for hydroxylation is 1. The second-order valence-electron chi connectivity index (χ2n) is 3.40. The molecule has 2 N–H and O–H groups in total. The maximum absolute atomic E-state index is 10.6. The minimum atomic E-state index is -1.19. The van der Waals surface area contributed by atoms with E-state index in [1.54, 1.807) is 12.1 Å². The highest BCUT2D eigenvalue weighted by Crippen LogP contribution is 2.29. The zero-order chi connectivity index (χ0) is 11.7. The van der Waals surface area contributed by atoms with Crippen LogP contribution in [0.3, 0.4) is 0 Å². The molecule has 0 saturated carbocycles. The van der Waals surface area contributed by atoms with Crippen LogP contribution in [0.15, 0.2) is 28.8 Å². The maximum atomic E-state index is 10.6. The molecule has 0 saturated heterocycles. The van der Waals surface area contributed by atoms with Crippen molar-refractivity contribution in [2.45, 2.75) is 6.92 Å². The average molecular weight is 219 g/mol. The van der Waals surface area contributed by atoms with E-state index in [1.165, 1.54) is 12.1 Å². The molecule has 0 spiro atoms. The van der Waals surface area contributed by atoms with Crippen LogP contribution in [0.5, 0.6) is 5.75 Å². The third-order valence-corrected chi connectivity index (χ3v) is 2.15. The molecule has 0 unspecified atom stereocenters. The van der Waals surface area contributed by atoms with Crippen molar-refractivity contribution < 1.29 is 19.5 Å². The number of benzene rings is 1. The van der Waals surface area contributed by atoms with Gasteiger partial charge in [-0.25, -0.2) is 4.79 Å². The van der Waals surface area contributed by atoms with Crippen molar-refractivity contribution in [3.05, 3.63) is 35.6 Å². The molecule has 5 heteroatoms. The number of aromatic hydroxyl groups is 1. The lowest BCUT2D eigenvalue weighted by Gasteiger charge is -2.00. The molecule has 0 aliphatic heterocycles. The first kappa shape index (κ1) is 10.2. The molecule has 0 aliphatic carbocycles. The Morgan fingerprint density at radius 1 is 1.38 bits per heavy atom. The number of aromatic carboxylic acids is 1. The lowest BCUT2D eigenvalue weighted by atomic mass is 10.1. The third-order valence-electron chi connectivity index (χ3n) is 2.15. The zero-order valence-corrected chi connectivity index (χ0v) is 8.47. The lowest BCUT2D eigenvalue weighted by molar-refractivity contribution is 0.0652. The van der Waals surface area contributed by atoms with Crippen molar-refractivity contribution in [2.75, 3.05) is 0 Å². The fourth-order valence-electron chi connectivity index (χ4n) is 1.36. The molecular weight excluding hydrogens is 210 g/mol. The van der Waals surface area contributed by atoms with Crippen LogP contribution in [-0.4, -0.2) is 21.3 Å². The van der Waals surface area contributed by atoms with Gasteiger partial charge >= 0.3 is 5.97 Å². The highest BCUT2D eigenvalue weighted by Gasteiger charge is 2.14. The minimum absolute atomic E-state index is 0.0378. The molecule has 0 radical (unpaired) electrons. The summed E-state index contributed by atoms with van der Waals surface area (Å²) in [4.78, 5) is 10.6. The molecule has 16 heavy (non-hydrogen) atoms. The first-order valence-electron chi connectivity index (χ1n) is 4.58. The summed E-state index contributed by atoms with van der Waals surface area (Å²) in [6.45, 7) is 1.86. The SMILES string of the molecule is Cc1ccc(O)c(-c2cc(C(=O)O)on2)c1. The van der Waals surface area contributed by atoms with Crippen molar-refractivity contribution >= 4 is 5.97 Å². The number of carboxylic acid groups (broad SMARTS) is 1. The summed E-state index contributed by atoms with van der Waals surface area (Å²) >= 11 is 0. The Bertz CT molecular complexity index is 545. The molecule has 0 atom stereocenters. The molecule has 1 aromatic carbocycles. The van der Waals surface area contributed by atoms with Gasteiger partial charge in [0, 0.05) is 11.6 Å². The molecule has 2 aromatic rings. The lowest BCUT2D eigenvalue weighted by Crippen LogP contribution is -1.91. The quantitative estimate of drug-likeness (QED) is 0.807. The van der Waals surface area contributed by atoms with Crippen molar-refractivity contribution in [3.8, 4) is 17.0 Å². The Morgan fingerprint density at radius 2 is 2.12 bits per heavy atom. The Balaban J connectivity index is 2.50. The predicted octanol–water partition coefficient (Wildman–Crippen LogP) is 2.05. The highest BCUT2D eigenvalue weighted by molar-refractivity contribution is 5.86. The van der Waals surface area contributed by atoms with Crippen molar-refractivity contribution in [1.82, 2.24) is 5.16 Å². The molecular formula is C11H9NO4. The van der Waals surface area contributed by atoms with Gasteiger partial charge in [0.15, 0.2) is 0 Å². The van der Waals surface area contributed by atoms with E-state index in [-0.39, 0.29) is 11.5 Å². The van der Waals surface area contributed by atoms with Gasteiger partial charge in [-0.1, -0.05) is 16.8 Å². The number of carboxylic acids is 1. The van der Waals surface area contributed by atoms with Gasteiger partial charge in [-0.3, -0.25) is 0 Å². The number of aromatic nitrogens is 1. The number of carbonyl (C=O) groups is 1. The normalized spacial score (nSPS) is 10.3. The van der Waals surface area contributed by atoms with Gasteiger partial charge in [-0.15, -0.1) is 0 Å². The summed E-state index contributed by atoms with van der Waals surface area (Å²) in [5.41, 5.74) is 1.70. The van der Waals surface area contributed by atoms with E-state index in [9.17, 15) is 9.90 Å². The minimum Gasteiger partial charge on any atom is -0.507 e. The van der Waals surface area contributed by atoms with Crippen LogP contribution >= 0.6 is 0 Å². The van der Waals surface area contributed by atoms with E-state index in [0.29, 0.717) is 11.3 Å². The average Bonchev–Trinajstić information content (AvgIpc) is 2.70. The van der Waals surface area contributed by atoms with Crippen LogP contribution in [0.4, 0.5) is 0 Å². The van der Waals surface area contributed by atoms with Gasteiger partial charge in [0.25, 0.3) is 0 Å². The first-order chi connectivity index (χ1) is 7.58. The van der Waals surface area contributed by atoms with E-state index in [1.807, 2.05) is 6.92 Å². The zero-order valence-electron chi connectivity index (χ0n) is 8.47. The fraction of sp³-hybridized carbons (Fsp3) is 0.0909. The molecule has 0 bridgehead atoms. The number of nitrogens with zero attached hydrogens (tertiary/aromatic N) is 1. The highest BCUT2D eigenvalue weighted by atomic mass is 16.5. The van der Waals surface area contributed by atoms with E-state index >= 15 is 0 Å². The standard InChI is InChI=1S/C11H9NO4/c1-6-2-3-9(13)7(4-6)8-5-10(11(14)15)16-12-8/h2-5,13H,1H3,(H,14,15). The van der Waals surface area contributed by atoms with E-state index < -0.39 is 5.97 Å². The predicted molar refractivity (Wildman–Crippen MR) is 55.3 cm³/mol. The summed E-state index contributed by atoms with van der Waals surface area (Å²) < 4.78 is 4.61. The number of hydrogen-bond donors (Lipinski definition) is 2. The molecule has 82 valence electrons. The van der Waals surface area contributed by atoms with Crippen LogP contribution in [0.2, 0.25) is 0 Å². The molecule has 1 heterocycles. The Morgan fingerprint density at radius 3 is 2.75 bits per heavy atom. The molecule has 1 aromatic heterocycles. The number of phenols is 1. The summed E-state index contributed by atoms with van der Waals surface area (Å²) in [6.07, 6.45) is 0. The van der Waals surface area contributed by atoms with Gasteiger partial charge in [-0.05, 0) is 19.1 Å². The van der Waals surface area contributed by atoms with E-state index in [0.717, 1.165) is 5.56 Å². The van der Waals surface area contributed by atoms with Crippen LogP contribution in [0, 0.1) is 6.92 Å². The van der Waals surface area contributed by atoms with Gasteiger partial charge in [0.05, 0.1) is 0 Å². The summed E-state index contributed by atoms with van der Waals surface area (Å²) in [5, 5.41) is 21.9. The number of hydrogen-bond acceptors (Lipinski definition) is 4. The fourth-order valence-corrected chi connectivity index (χ4v) is 1.36. The van der Waals surface area contributed by atoms with Crippen LogP contribution in [0.1, 0.15) is 16.1 Å². The maximum Gasteiger partial charge on any atom is 0.374 e. The van der Waals surface area contributed by atoms with Crippen molar-refractivity contribution in [3.63, 3.8) is 0 Å². The van der Waals surface area contributed by atoms with Crippen molar-refractivity contribution in [1.29, 1.82) is 0 Å². The molecule has 0 fully saturated rings. The summed E-state index contributed by atoms with van der Waals surface area (Å²) in [5.74, 6) is -1.40. The Kier molecular flexibility index (Phi) is 2.36. The monoisotopic (exact) mass is 219 g/mol. The van der Waals surface area contributed by atoms with Crippen molar-refractivity contribution in [2.24, 2.45) is 0 Å². The topological polar surface area (TPSA) is 83.6 Å². The van der Waals surface area contributed by atoms with Gasteiger partial charge in [0.2, 0.25) is 5.76 Å². The van der Waals surface area contributed by atoms with Gasteiger partial charge < -0.3 is 14.7 Å². The Hall–Kier alpha value is -2.30. The van der Waals surface area contributed by atoms with Crippen LogP contribution < -0.4 is 0 Å². The molecule has 5 nitrogen and oxygen atoms in total. The van der Waals surface area contributed by atoms with Crippen LogP contribution in [-0.2, 0) is 0 Å². The Labute approximate surface area is 90.9 Å². The molecule has 2 rings (SSSR count). The largest absolute Gasteiger partial charge is 0.507 e. The third kappa shape index (κ3) is 1.75. The summed E-state index contributed by atoms with van der Waals surface area (Å²) in [7, 11) is 0. The van der Waals surface area contributed by atoms with Gasteiger partial charge in [-0.2, -0.15) is 0 Å². The summed E-state index contributed by atoms with van der Waals surface area (Å²) in [6, 6.07) is 6.26. The smallest absolute Gasteiger partial charge is 0.374 e.